The van der Waals surface area contributed by atoms with Crippen LogP contribution in [0.25, 0.3) is 11.1 Å². The maximum absolute atomic E-state index is 14.5. The van der Waals surface area contributed by atoms with Crippen molar-refractivity contribution in [2.75, 3.05) is 7.11 Å². The van der Waals surface area contributed by atoms with Crippen LogP contribution >= 0.6 is 0 Å². The standard InChI is InChI=1S/C16H15FO4/c1-10-4-3-5-11(8-10)14-13(18)7-6-12(15(14)17)9-21-16(19)20-2/h3-8,18H,9H2,1-2H3. The molecule has 0 saturated heterocycles. The van der Waals surface area contributed by atoms with Crippen LogP contribution in [0.3, 0.4) is 0 Å². The average molecular weight is 290 g/mol. The molecule has 1 N–H and O–H groups in total. The Morgan fingerprint density at radius 3 is 2.71 bits per heavy atom. The van der Waals surface area contributed by atoms with Crippen molar-refractivity contribution in [1.82, 2.24) is 0 Å². The maximum Gasteiger partial charge on any atom is 0.508 e. The molecule has 0 radical (unpaired) electrons. The molecule has 0 saturated carbocycles. The summed E-state index contributed by atoms with van der Waals surface area (Å²) in [4.78, 5) is 10.9. The molecule has 0 amide bonds. The van der Waals surface area contributed by atoms with Crippen LogP contribution in [0.1, 0.15) is 11.1 Å². The molecule has 0 aliphatic carbocycles. The van der Waals surface area contributed by atoms with Crippen LogP contribution in [0.15, 0.2) is 36.4 Å². The minimum Gasteiger partial charge on any atom is -0.507 e. The summed E-state index contributed by atoms with van der Waals surface area (Å²) >= 11 is 0. The predicted molar refractivity (Wildman–Crippen MR) is 75.4 cm³/mol. The number of halogens is 1. The van der Waals surface area contributed by atoms with E-state index in [0.717, 1.165) is 5.56 Å². The lowest BCUT2D eigenvalue weighted by molar-refractivity contribution is 0.0661. The van der Waals surface area contributed by atoms with Crippen LogP contribution in [-0.4, -0.2) is 18.4 Å². The average Bonchev–Trinajstić information content (AvgIpc) is 2.46. The number of hydrogen-bond acceptors (Lipinski definition) is 4. The second-order valence-electron chi connectivity index (χ2n) is 4.55. The van der Waals surface area contributed by atoms with E-state index in [1.54, 1.807) is 18.2 Å². The van der Waals surface area contributed by atoms with E-state index < -0.39 is 12.0 Å². The zero-order valence-electron chi connectivity index (χ0n) is 11.7. The van der Waals surface area contributed by atoms with E-state index in [1.165, 1.54) is 19.2 Å². The Balaban J connectivity index is 2.40. The number of methoxy groups -OCH3 is 1. The summed E-state index contributed by atoms with van der Waals surface area (Å²) in [7, 11) is 1.17. The maximum atomic E-state index is 14.5. The van der Waals surface area contributed by atoms with Gasteiger partial charge in [-0.25, -0.2) is 9.18 Å². The van der Waals surface area contributed by atoms with E-state index >= 15 is 0 Å². The number of phenols is 1. The van der Waals surface area contributed by atoms with Crippen LogP contribution in [0.2, 0.25) is 0 Å². The van der Waals surface area contributed by atoms with Gasteiger partial charge in [-0.15, -0.1) is 0 Å². The van der Waals surface area contributed by atoms with Gasteiger partial charge in [0.15, 0.2) is 0 Å². The van der Waals surface area contributed by atoms with Crippen LogP contribution in [0.4, 0.5) is 9.18 Å². The van der Waals surface area contributed by atoms with Gasteiger partial charge in [0.2, 0.25) is 0 Å². The molecule has 2 rings (SSSR count). The van der Waals surface area contributed by atoms with Gasteiger partial charge in [-0.05, 0) is 24.6 Å². The second-order valence-corrected chi connectivity index (χ2v) is 4.55. The summed E-state index contributed by atoms with van der Waals surface area (Å²) in [5.41, 5.74) is 1.76. The first-order valence-corrected chi connectivity index (χ1v) is 6.31. The Hall–Kier alpha value is -2.56. The quantitative estimate of drug-likeness (QED) is 0.874. The number of aryl methyl sites for hydroxylation is 1. The molecular formula is C16H15FO4. The Bertz CT molecular complexity index is 667. The molecule has 21 heavy (non-hydrogen) atoms. The zero-order chi connectivity index (χ0) is 15.4. The summed E-state index contributed by atoms with van der Waals surface area (Å²) in [5, 5.41) is 9.91. The zero-order valence-corrected chi connectivity index (χ0v) is 11.7. The molecule has 2 aromatic rings. The van der Waals surface area contributed by atoms with Crippen molar-refractivity contribution < 1.29 is 23.8 Å². The molecule has 0 bridgehead atoms. The lowest BCUT2D eigenvalue weighted by Crippen LogP contribution is -2.05. The normalized spacial score (nSPS) is 10.2. The number of hydrogen-bond donors (Lipinski definition) is 1. The Kier molecular flexibility index (Phi) is 4.42. The van der Waals surface area contributed by atoms with E-state index in [2.05, 4.69) is 4.74 Å². The number of rotatable bonds is 3. The van der Waals surface area contributed by atoms with Gasteiger partial charge in [-0.2, -0.15) is 0 Å². The fourth-order valence-electron chi connectivity index (χ4n) is 1.99. The number of carbonyl (C=O) groups excluding carboxylic acids is 1. The van der Waals surface area contributed by atoms with E-state index in [1.807, 2.05) is 13.0 Å². The van der Waals surface area contributed by atoms with Crippen molar-refractivity contribution in [3.05, 3.63) is 53.3 Å². The molecule has 0 fully saturated rings. The first kappa shape index (κ1) is 14.8. The molecule has 0 atom stereocenters. The van der Waals surface area contributed by atoms with Crippen LogP contribution in [0.5, 0.6) is 5.75 Å². The lowest BCUT2D eigenvalue weighted by Gasteiger charge is -2.11. The van der Waals surface area contributed by atoms with Crippen LogP contribution in [-0.2, 0) is 16.1 Å². The highest BCUT2D eigenvalue weighted by molar-refractivity contribution is 5.72. The monoisotopic (exact) mass is 290 g/mol. The molecule has 2 aromatic carbocycles. The van der Waals surface area contributed by atoms with E-state index in [9.17, 15) is 14.3 Å². The summed E-state index contributed by atoms with van der Waals surface area (Å²) < 4.78 is 23.6. The number of phenolic OH excluding ortho intramolecular Hbond substituents is 1. The van der Waals surface area contributed by atoms with Crippen molar-refractivity contribution in [1.29, 1.82) is 0 Å². The molecule has 5 heteroatoms. The third-order valence-electron chi connectivity index (χ3n) is 3.02. The highest BCUT2D eigenvalue weighted by Crippen LogP contribution is 2.34. The van der Waals surface area contributed by atoms with Crippen molar-refractivity contribution in [2.24, 2.45) is 0 Å². The van der Waals surface area contributed by atoms with Gasteiger partial charge in [0.05, 0.1) is 12.7 Å². The van der Waals surface area contributed by atoms with Crippen molar-refractivity contribution in [2.45, 2.75) is 13.5 Å². The van der Waals surface area contributed by atoms with E-state index in [4.69, 9.17) is 4.74 Å². The first-order valence-electron chi connectivity index (χ1n) is 6.31. The van der Waals surface area contributed by atoms with Gasteiger partial charge in [-0.1, -0.05) is 29.8 Å². The summed E-state index contributed by atoms with van der Waals surface area (Å²) in [6.45, 7) is 1.61. The molecule has 0 unspecified atom stereocenters. The summed E-state index contributed by atoms with van der Waals surface area (Å²) in [5.74, 6) is -0.788. The molecular weight excluding hydrogens is 275 g/mol. The lowest BCUT2D eigenvalue weighted by atomic mass is 9.99. The number of ether oxygens (including phenoxy) is 2. The highest BCUT2D eigenvalue weighted by Gasteiger charge is 2.16. The molecule has 110 valence electrons. The number of aromatic hydroxyl groups is 1. The van der Waals surface area contributed by atoms with E-state index in [0.29, 0.717) is 5.56 Å². The highest BCUT2D eigenvalue weighted by atomic mass is 19.1. The van der Waals surface area contributed by atoms with Gasteiger partial charge in [0.25, 0.3) is 0 Å². The fourth-order valence-corrected chi connectivity index (χ4v) is 1.99. The minimum absolute atomic E-state index is 0.0877. The van der Waals surface area contributed by atoms with Gasteiger partial charge in [-0.3, -0.25) is 0 Å². The SMILES string of the molecule is COC(=O)OCc1ccc(O)c(-c2cccc(C)c2)c1F. The molecule has 0 aliphatic rings. The third kappa shape index (κ3) is 3.31. The minimum atomic E-state index is -0.889. The Labute approximate surface area is 121 Å². The van der Waals surface area contributed by atoms with Crippen molar-refractivity contribution in [3.8, 4) is 16.9 Å². The third-order valence-corrected chi connectivity index (χ3v) is 3.02. The van der Waals surface area contributed by atoms with E-state index in [-0.39, 0.29) is 23.5 Å². The number of benzene rings is 2. The van der Waals surface area contributed by atoms with Gasteiger partial charge >= 0.3 is 6.16 Å². The molecule has 0 spiro atoms. The Morgan fingerprint density at radius 2 is 2.05 bits per heavy atom. The molecule has 0 heterocycles. The van der Waals surface area contributed by atoms with Gasteiger partial charge in [0, 0.05) is 5.56 Å². The summed E-state index contributed by atoms with van der Waals surface area (Å²) in [6.07, 6.45) is -0.889. The number of carbonyl (C=O) groups is 1. The molecule has 0 aromatic heterocycles. The Morgan fingerprint density at radius 1 is 1.29 bits per heavy atom. The molecule has 4 nitrogen and oxygen atoms in total. The fraction of sp³-hybridized carbons (Fsp3) is 0.188. The molecule has 0 aliphatic heterocycles. The smallest absolute Gasteiger partial charge is 0.507 e. The summed E-state index contributed by atoms with van der Waals surface area (Å²) in [6, 6.07) is 9.87. The predicted octanol–water partition coefficient (Wildman–Crippen LogP) is 3.79. The van der Waals surface area contributed by atoms with Crippen molar-refractivity contribution >= 4 is 6.16 Å². The second kappa shape index (κ2) is 6.26. The first-order chi connectivity index (χ1) is 10.0. The van der Waals surface area contributed by atoms with Gasteiger partial charge < -0.3 is 14.6 Å². The van der Waals surface area contributed by atoms with Crippen LogP contribution in [0, 0.1) is 12.7 Å². The topological polar surface area (TPSA) is 55.8 Å². The van der Waals surface area contributed by atoms with Crippen LogP contribution < -0.4 is 0 Å². The van der Waals surface area contributed by atoms with Crippen molar-refractivity contribution in [3.63, 3.8) is 0 Å². The van der Waals surface area contributed by atoms with Gasteiger partial charge in [0.1, 0.15) is 18.2 Å². The largest absolute Gasteiger partial charge is 0.508 e.